The van der Waals surface area contributed by atoms with Crippen LogP contribution in [0.2, 0.25) is 0 Å². The summed E-state index contributed by atoms with van der Waals surface area (Å²) in [6.45, 7) is 2.96. The molecule has 2 rings (SSSR count). The van der Waals surface area contributed by atoms with Gasteiger partial charge >= 0.3 is 0 Å². The van der Waals surface area contributed by atoms with Gasteiger partial charge in [0.15, 0.2) is 0 Å². The summed E-state index contributed by atoms with van der Waals surface area (Å²) in [7, 11) is -1.93. The molecule has 112 valence electrons. The number of nitrogens with zero attached hydrogens (tertiary/aromatic N) is 1. The lowest BCUT2D eigenvalue weighted by atomic mass is 9.93. The van der Waals surface area contributed by atoms with E-state index in [1.807, 2.05) is 0 Å². The molecule has 5 nitrogen and oxygen atoms in total. The largest absolute Gasteiger partial charge is 0.497 e. The number of methoxy groups -OCH3 is 1. The first-order valence-corrected chi connectivity index (χ1v) is 8.30. The van der Waals surface area contributed by atoms with Crippen molar-refractivity contribution < 1.29 is 13.2 Å². The fourth-order valence-corrected chi connectivity index (χ4v) is 4.51. The monoisotopic (exact) mass is 298 g/mol. The van der Waals surface area contributed by atoms with E-state index < -0.39 is 10.0 Å². The van der Waals surface area contributed by atoms with E-state index in [0.717, 1.165) is 12.8 Å². The van der Waals surface area contributed by atoms with E-state index in [9.17, 15) is 8.42 Å². The Labute approximate surface area is 120 Å². The second-order valence-corrected chi connectivity index (χ2v) is 7.10. The Kier molecular flexibility index (Phi) is 4.67. The van der Waals surface area contributed by atoms with E-state index in [2.05, 4.69) is 6.92 Å². The highest BCUT2D eigenvalue weighted by molar-refractivity contribution is 7.89. The summed E-state index contributed by atoms with van der Waals surface area (Å²) < 4.78 is 32.1. The van der Waals surface area contributed by atoms with Crippen LogP contribution in [0, 0.1) is 5.92 Å². The van der Waals surface area contributed by atoms with Gasteiger partial charge in [0.2, 0.25) is 10.0 Å². The molecule has 2 N–H and O–H groups in total. The van der Waals surface area contributed by atoms with Crippen LogP contribution in [0.15, 0.2) is 29.2 Å². The summed E-state index contributed by atoms with van der Waals surface area (Å²) in [6, 6.07) is 6.38. The summed E-state index contributed by atoms with van der Waals surface area (Å²) in [5.41, 5.74) is 5.78. The molecule has 6 heteroatoms. The first kappa shape index (κ1) is 15.3. The quantitative estimate of drug-likeness (QED) is 0.913. The van der Waals surface area contributed by atoms with Crippen molar-refractivity contribution in [3.05, 3.63) is 24.3 Å². The summed E-state index contributed by atoms with van der Waals surface area (Å²) in [4.78, 5) is 0.297. The lowest BCUT2D eigenvalue weighted by Crippen LogP contribution is -2.51. The number of ether oxygens (including phenoxy) is 1. The average molecular weight is 298 g/mol. The van der Waals surface area contributed by atoms with Crippen molar-refractivity contribution >= 4 is 10.0 Å². The molecule has 1 aliphatic heterocycles. The standard InChI is InChI=1S/C14H22N2O3S/c1-11-4-3-9-16(14(11)10-15)20(17,18)13-7-5-12(19-2)6-8-13/h5-8,11,14H,3-4,9-10,15H2,1-2H3/t11-,14+/m1/s1. The zero-order valence-corrected chi connectivity index (χ0v) is 12.8. The molecule has 0 amide bonds. The average Bonchev–Trinajstić information content (AvgIpc) is 2.47. The fourth-order valence-electron chi connectivity index (χ4n) is 2.74. The van der Waals surface area contributed by atoms with E-state index in [4.69, 9.17) is 10.5 Å². The molecular formula is C14H22N2O3S. The number of piperidine rings is 1. The molecule has 1 aromatic rings. The molecule has 0 unspecified atom stereocenters. The van der Waals surface area contributed by atoms with E-state index in [-0.39, 0.29) is 6.04 Å². The first-order valence-electron chi connectivity index (χ1n) is 6.86. The Morgan fingerprint density at radius 2 is 2.00 bits per heavy atom. The third-order valence-corrected chi connectivity index (χ3v) is 5.91. The molecule has 1 heterocycles. The minimum atomic E-state index is -3.48. The third kappa shape index (κ3) is 2.82. The minimum Gasteiger partial charge on any atom is -0.497 e. The maximum atomic E-state index is 12.7. The number of hydrogen-bond donors (Lipinski definition) is 1. The van der Waals surface area contributed by atoms with Crippen molar-refractivity contribution in [1.82, 2.24) is 4.31 Å². The van der Waals surface area contributed by atoms with Gasteiger partial charge in [0.05, 0.1) is 12.0 Å². The van der Waals surface area contributed by atoms with Crippen LogP contribution in [-0.4, -0.2) is 39.0 Å². The highest BCUT2D eigenvalue weighted by atomic mass is 32.2. The lowest BCUT2D eigenvalue weighted by Gasteiger charge is -2.38. The highest BCUT2D eigenvalue weighted by Gasteiger charge is 2.36. The van der Waals surface area contributed by atoms with Crippen LogP contribution in [0.1, 0.15) is 19.8 Å². The molecule has 1 saturated heterocycles. The second kappa shape index (κ2) is 6.11. The van der Waals surface area contributed by atoms with Crippen molar-refractivity contribution in [2.24, 2.45) is 11.7 Å². The van der Waals surface area contributed by atoms with Crippen LogP contribution in [0.3, 0.4) is 0 Å². The molecule has 0 bridgehead atoms. The van der Waals surface area contributed by atoms with Crippen LogP contribution in [-0.2, 0) is 10.0 Å². The van der Waals surface area contributed by atoms with E-state index in [1.54, 1.807) is 35.7 Å². The predicted octanol–water partition coefficient (Wildman–Crippen LogP) is 1.44. The third-order valence-electron chi connectivity index (χ3n) is 3.97. The molecule has 0 saturated carbocycles. The normalized spacial score (nSPS) is 24.6. The molecule has 2 atom stereocenters. The summed E-state index contributed by atoms with van der Waals surface area (Å²) in [5, 5.41) is 0. The van der Waals surface area contributed by atoms with Crippen molar-refractivity contribution in [3.8, 4) is 5.75 Å². The van der Waals surface area contributed by atoms with Gasteiger partial charge in [-0.25, -0.2) is 8.42 Å². The summed E-state index contributed by atoms with van der Waals surface area (Å²) >= 11 is 0. The topological polar surface area (TPSA) is 72.6 Å². The van der Waals surface area contributed by atoms with Crippen LogP contribution in [0.25, 0.3) is 0 Å². The maximum absolute atomic E-state index is 12.7. The zero-order valence-electron chi connectivity index (χ0n) is 12.0. The van der Waals surface area contributed by atoms with Gasteiger partial charge in [-0.05, 0) is 43.0 Å². The summed E-state index contributed by atoms with van der Waals surface area (Å²) in [5.74, 6) is 0.938. The number of nitrogens with two attached hydrogens (primary N) is 1. The number of rotatable bonds is 4. The molecule has 0 aliphatic carbocycles. The SMILES string of the molecule is COc1ccc(S(=O)(=O)N2CCC[C@@H](C)[C@@H]2CN)cc1. The van der Waals surface area contributed by atoms with Crippen molar-refractivity contribution in [1.29, 1.82) is 0 Å². The Morgan fingerprint density at radius 3 is 2.55 bits per heavy atom. The highest BCUT2D eigenvalue weighted by Crippen LogP contribution is 2.29. The predicted molar refractivity (Wildman–Crippen MR) is 78.1 cm³/mol. The number of sulfonamides is 1. The van der Waals surface area contributed by atoms with Crippen LogP contribution in [0.5, 0.6) is 5.75 Å². The molecule has 0 spiro atoms. The van der Waals surface area contributed by atoms with Gasteiger partial charge in [0.1, 0.15) is 5.75 Å². The molecule has 1 fully saturated rings. The van der Waals surface area contributed by atoms with Crippen molar-refractivity contribution in [2.45, 2.75) is 30.7 Å². The molecule has 1 aromatic carbocycles. The smallest absolute Gasteiger partial charge is 0.243 e. The molecular weight excluding hydrogens is 276 g/mol. The Morgan fingerprint density at radius 1 is 1.35 bits per heavy atom. The van der Waals surface area contributed by atoms with Crippen molar-refractivity contribution in [2.75, 3.05) is 20.2 Å². The first-order chi connectivity index (χ1) is 9.50. The zero-order chi connectivity index (χ0) is 14.8. The van der Waals surface area contributed by atoms with Gasteiger partial charge < -0.3 is 10.5 Å². The number of benzene rings is 1. The van der Waals surface area contributed by atoms with E-state index >= 15 is 0 Å². The fraction of sp³-hybridized carbons (Fsp3) is 0.571. The molecule has 0 aromatic heterocycles. The van der Waals surface area contributed by atoms with Gasteiger partial charge in [-0.1, -0.05) is 6.92 Å². The number of hydrogen-bond acceptors (Lipinski definition) is 4. The van der Waals surface area contributed by atoms with Gasteiger partial charge in [-0.3, -0.25) is 0 Å². The van der Waals surface area contributed by atoms with Gasteiger partial charge in [-0.2, -0.15) is 4.31 Å². The van der Waals surface area contributed by atoms with Gasteiger partial charge in [0, 0.05) is 19.1 Å². The minimum absolute atomic E-state index is 0.115. The van der Waals surface area contributed by atoms with Crippen LogP contribution < -0.4 is 10.5 Å². The van der Waals surface area contributed by atoms with E-state index in [1.165, 1.54) is 0 Å². The van der Waals surface area contributed by atoms with Gasteiger partial charge in [-0.15, -0.1) is 0 Å². The van der Waals surface area contributed by atoms with Gasteiger partial charge in [0.25, 0.3) is 0 Å². The van der Waals surface area contributed by atoms with Crippen LogP contribution in [0.4, 0.5) is 0 Å². The Bertz CT molecular complexity index is 542. The Balaban J connectivity index is 2.32. The maximum Gasteiger partial charge on any atom is 0.243 e. The lowest BCUT2D eigenvalue weighted by molar-refractivity contribution is 0.192. The second-order valence-electron chi connectivity index (χ2n) is 5.21. The van der Waals surface area contributed by atoms with Crippen molar-refractivity contribution in [3.63, 3.8) is 0 Å². The molecule has 20 heavy (non-hydrogen) atoms. The summed E-state index contributed by atoms with van der Waals surface area (Å²) in [6.07, 6.45) is 1.91. The molecule has 0 radical (unpaired) electrons. The van der Waals surface area contributed by atoms with Crippen LogP contribution >= 0.6 is 0 Å². The van der Waals surface area contributed by atoms with E-state index in [0.29, 0.717) is 29.7 Å². The Hall–Kier alpha value is -1.11. The molecule has 1 aliphatic rings.